The van der Waals surface area contributed by atoms with Crippen LogP contribution in [-0.4, -0.2) is 137 Å². The van der Waals surface area contributed by atoms with Gasteiger partial charge in [0.25, 0.3) is 23.6 Å². The Balaban J connectivity index is 0.000000181. The number of nitriles is 2. The van der Waals surface area contributed by atoms with Gasteiger partial charge in [-0.15, -0.1) is 0 Å². The smallest absolute Gasteiger partial charge is 0.256 e. The molecule has 0 spiro atoms. The third-order valence-corrected chi connectivity index (χ3v) is 14.6. The van der Waals surface area contributed by atoms with Gasteiger partial charge < -0.3 is 40.4 Å². The first-order chi connectivity index (χ1) is 35.8. The van der Waals surface area contributed by atoms with Crippen molar-refractivity contribution in [1.82, 2.24) is 50.0 Å². The number of nitrogens with zero attached hydrogens (tertiary/aromatic N) is 12. The molecule has 20 nitrogen and oxygen atoms in total. The number of amides is 4. The van der Waals surface area contributed by atoms with Crippen LogP contribution in [0.1, 0.15) is 96.6 Å². The van der Waals surface area contributed by atoms with E-state index in [1.165, 1.54) is 45.8 Å². The molecule has 392 valence electrons. The van der Waals surface area contributed by atoms with E-state index < -0.39 is 22.8 Å². The SMILES string of the molecule is C.C.N#Cc1cccc(F)c1-c1cc(-n2ccc(N3CCC(O)(C(=O)N4CCCC4)C3)n2)c2c(n1)CNC2=O.N#Cc1cccc(F)c1-c1cc(-n2ccc(N3CC[C@@](O)(C(=O)N4CCCC4)C3)n2)c2c(n1)CNC2=O. The Morgan fingerprint density at radius 3 is 1.37 bits per heavy atom. The van der Waals surface area contributed by atoms with Crippen LogP contribution in [0, 0.1) is 34.3 Å². The number of likely N-dealkylation sites (tertiary alicyclic amines) is 2. The Morgan fingerprint density at radius 2 is 0.987 bits per heavy atom. The minimum Gasteiger partial charge on any atom is -0.378 e. The van der Waals surface area contributed by atoms with Gasteiger partial charge in [-0.1, -0.05) is 27.0 Å². The van der Waals surface area contributed by atoms with Crippen molar-refractivity contribution in [2.75, 3.05) is 62.2 Å². The molecule has 4 amide bonds. The highest BCUT2D eigenvalue weighted by atomic mass is 19.1. The summed E-state index contributed by atoms with van der Waals surface area (Å²) in [6, 6.07) is 19.1. The second-order valence-electron chi connectivity index (χ2n) is 19.3. The number of pyridine rings is 2. The molecule has 0 saturated carbocycles. The van der Waals surface area contributed by atoms with Crippen LogP contribution >= 0.6 is 0 Å². The normalized spacial score (nSPS) is 20.2. The second-order valence-corrected chi connectivity index (χ2v) is 19.3. The van der Waals surface area contributed by atoms with Gasteiger partial charge in [-0.05, 0) is 62.1 Å². The summed E-state index contributed by atoms with van der Waals surface area (Å²) in [4.78, 5) is 67.2. The minimum atomic E-state index is -1.46. The molecule has 12 rings (SSSR count). The number of aromatic nitrogens is 6. The lowest BCUT2D eigenvalue weighted by atomic mass is 10.0. The van der Waals surface area contributed by atoms with Crippen LogP contribution < -0.4 is 20.4 Å². The number of hydrogen-bond donors (Lipinski definition) is 4. The lowest BCUT2D eigenvalue weighted by Crippen LogP contribution is -2.49. The van der Waals surface area contributed by atoms with Crippen LogP contribution in [0.5, 0.6) is 0 Å². The fraction of sp³-hybridized carbons (Fsp3) is 0.370. The van der Waals surface area contributed by atoms with Gasteiger partial charge in [-0.25, -0.2) is 28.1 Å². The summed E-state index contributed by atoms with van der Waals surface area (Å²) in [6.45, 7) is 4.19. The standard InChI is InChI=1S/2C26H24FN7O3.2CH4/c2*27-17-5-3-4-16(13-28)22(17)18-12-20(23-19(30-18)14-29-24(23)35)34-10-6-21(31-34)33-11-7-26(37,15-33)25(36)32-8-1-2-9-32;;/h2*3-6,10,12,37H,1-2,7-9,11,14-15H2,(H,29,35);2*1H4/t26-;;;/m0.../s1. The van der Waals surface area contributed by atoms with Gasteiger partial charge in [0.05, 0.1) is 106 Å². The highest BCUT2D eigenvalue weighted by Crippen LogP contribution is 2.36. The minimum absolute atomic E-state index is 0. The van der Waals surface area contributed by atoms with E-state index in [4.69, 9.17) is 0 Å². The molecule has 0 aliphatic carbocycles. The number of rotatable bonds is 8. The van der Waals surface area contributed by atoms with E-state index in [0.29, 0.717) is 97.6 Å². The van der Waals surface area contributed by atoms with Gasteiger partial charge in [0.1, 0.15) is 11.6 Å². The van der Waals surface area contributed by atoms with Gasteiger partial charge in [0.15, 0.2) is 22.8 Å². The Bertz CT molecular complexity index is 3170. The molecular weight excluding hydrogens is 979 g/mol. The summed E-state index contributed by atoms with van der Waals surface area (Å²) >= 11 is 0. The Morgan fingerprint density at radius 1 is 0.592 bits per heavy atom. The van der Waals surface area contributed by atoms with Crippen LogP contribution in [-0.2, 0) is 22.7 Å². The van der Waals surface area contributed by atoms with E-state index in [0.717, 1.165) is 25.7 Å². The predicted molar refractivity (Wildman–Crippen MR) is 274 cm³/mol. The van der Waals surface area contributed by atoms with Crippen LogP contribution in [0.3, 0.4) is 0 Å². The number of aliphatic hydroxyl groups is 2. The fourth-order valence-corrected chi connectivity index (χ4v) is 10.8. The molecule has 2 atom stereocenters. The number of β-amino-alcohol motifs (C(OH)–C–C–N with tert-alkyl or cyclic N) is 2. The van der Waals surface area contributed by atoms with Gasteiger partial charge in [0, 0.05) is 76.6 Å². The first kappa shape index (κ1) is 52.3. The zero-order chi connectivity index (χ0) is 51.5. The molecule has 6 aliphatic heterocycles. The molecule has 4 aromatic heterocycles. The average Bonchev–Trinajstić information content (AvgIpc) is 4.26. The molecule has 76 heavy (non-hydrogen) atoms. The zero-order valence-corrected chi connectivity index (χ0v) is 39.9. The maximum atomic E-state index is 14.8. The molecule has 10 heterocycles. The van der Waals surface area contributed by atoms with Crippen molar-refractivity contribution < 1.29 is 38.2 Å². The number of hydrogen-bond acceptors (Lipinski definition) is 14. The van der Waals surface area contributed by atoms with Crippen molar-refractivity contribution in [3.63, 3.8) is 0 Å². The van der Waals surface area contributed by atoms with Crippen LogP contribution in [0.15, 0.2) is 73.1 Å². The molecular formula is C54H56F2N14O6. The van der Waals surface area contributed by atoms with Gasteiger partial charge in [-0.2, -0.15) is 20.7 Å². The highest BCUT2D eigenvalue weighted by molar-refractivity contribution is 6.02. The van der Waals surface area contributed by atoms with E-state index in [-0.39, 0.29) is 98.3 Å². The quantitative estimate of drug-likeness (QED) is 0.160. The lowest BCUT2D eigenvalue weighted by Gasteiger charge is -2.27. The van der Waals surface area contributed by atoms with Gasteiger partial charge in [-0.3, -0.25) is 19.2 Å². The Labute approximate surface area is 436 Å². The highest BCUT2D eigenvalue weighted by Gasteiger charge is 2.47. The van der Waals surface area contributed by atoms with Crippen molar-refractivity contribution in [3.8, 4) is 46.0 Å². The predicted octanol–water partition coefficient (Wildman–Crippen LogP) is 4.78. The second kappa shape index (κ2) is 20.6. The van der Waals surface area contributed by atoms with Crippen LogP contribution in [0.4, 0.5) is 20.4 Å². The van der Waals surface area contributed by atoms with Gasteiger partial charge >= 0.3 is 0 Å². The maximum absolute atomic E-state index is 14.8. The lowest BCUT2D eigenvalue weighted by molar-refractivity contribution is -0.148. The van der Waals surface area contributed by atoms with E-state index in [9.17, 15) is 48.7 Å². The van der Waals surface area contributed by atoms with E-state index in [1.54, 1.807) is 46.5 Å². The number of anilines is 2. The maximum Gasteiger partial charge on any atom is 0.256 e. The molecule has 4 N–H and O–H groups in total. The molecule has 2 aromatic carbocycles. The van der Waals surface area contributed by atoms with Crippen molar-refractivity contribution in [1.29, 1.82) is 10.5 Å². The van der Waals surface area contributed by atoms with E-state index in [2.05, 4.69) is 30.8 Å². The number of carbonyl (C=O) groups excluding carboxylic acids is 4. The summed E-state index contributed by atoms with van der Waals surface area (Å²) in [5.74, 6) is -1.20. The monoisotopic (exact) mass is 1030 g/mol. The molecule has 6 aliphatic rings. The number of carbonyl (C=O) groups is 4. The van der Waals surface area contributed by atoms with E-state index in [1.807, 2.05) is 21.9 Å². The molecule has 4 fully saturated rings. The topological polar surface area (TPSA) is 255 Å². The van der Waals surface area contributed by atoms with Gasteiger partial charge in [0.2, 0.25) is 0 Å². The van der Waals surface area contributed by atoms with Crippen molar-refractivity contribution in [2.24, 2.45) is 0 Å². The van der Waals surface area contributed by atoms with Crippen molar-refractivity contribution >= 4 is 35.3 Å². The third-order valence-electron chi connectivity index (χ3n) is 14.6. The zero-order valence-electron chi connectivity index (χ0n) is 39.9. The Hall–Kier alpha value is -8.60. The fourth-order valence-electron chi connectivity index (χ4n) is 10.8. The first-order valence-electron chi connectivity index (χ1n) is 24.4. The summed E-state index contributed by atoms with van der Waals surface area (Å²) in [7, 11) is 0. The summed E-state index contributed by atoms with van der Waals surface area (Å²) in [6.07, 6.45) is 7.75. The molecule has 1 unspecified atom stereocenters. The molecule has 4 saturated heterocycles. The Kier molecular flexibility index (Phi) is 14.2. The third kappa shape index (κ3) is 9.23. The van der Waals surface area contributed by atoms with Crippen molar-refractivity contribution in [2.45, 2.75) is 77.7 Å². The van der Waals surface area contributed by atoms with E-state index >= 15 is 0 Å². The largest absolute Gasteiger partial charge is 0.378 e. The summed E-state index contributed by atoms with van der Waals surface area (Å²) < 4.78 is 32.6. The summed E-state index contributed by atoms with van der Waals surface area (Å²) in [5.41, 5.74) is 0.255. The first-order valence-corrected chi connectivity index (χ1v) is 24.4. The molecule has 22 heteroatoms. The van der Waals surface area contributed by atoms with Crippen LogP contribution in [0.25, 0.3) is 33.9 Å². The van der Waals surface area contributed by atoms with Crippen molar-refractivity contribution in [3.05, 3.63) is 118 Å². The molecule has 0 bridgehead atoms. The van der Waals surface area contributed by atoms with Crippen LogP contribution in [0.2, 0.25) is 0 Å². The molecule has 0 radical (unpaired) electrons. The average molecular weight is 1040 g/mol. The molecule has 6 aromatic rings. The number of halogens is 2. The number of nitrogens with one attached hydrogen (secondary N) is 2. The number of benzene rings is 2. The number of fused-ring (bicyclic) bond motifs is 2. The summed E-state index contributed by atoms with van der Waals surface area (Å²) in [5, 5.41) is 56.0.